The van der Waals surface area contributed by atoms with Gasteiger partial charge in [-0.25, -0.2) is 4.39 Å². The topological polar surface area (TPSA) is 32.8 Å². The summed E-state index contributed by atoms with van der Waals surface area (Å²) in [5, 5.41) is 0. The van der Waals surface area contributed by atoms with Crippen LogP contribution in [0.15, 0.2) is 54.6 Å². The summed E-state index contributed by atoms with van der Waals surface area (Å²) in [6.07, 6.45) is 0.612. The van der Waals surface area contributed by atoms with Crippen molar-refractivity contribution in [3.8, 4) is 11.1 Å². The Balaban J connectivity index is 1.37. The fourth-order valence-corrected chi connectivity index (χ4v) is 4.18. The molecule has 0 bridgehead atoms. The zero-order valence-electron chi connectivity index (χ0n) is 16.8. The van der Waals surface area contributed by atoms with Gasteiger partial charge in [-0.2, -0.15) is 0 Å². The summed E-state index contributed by atoms with van der Waals surface area (Å²) in [5.74, 6) is 0.122. The number of rotatable bonds is 5. The van der Waals surface area contributed by atoms with E-state index in [1.807, 2.05) is 11.0 Å². The van der Waals surface area contributed by atoms with Crippen molar-refractivity contribution >= 4 is 5.91 Å². The minimum absolute atomic E-state index is 0.0770. The summed E-state index contributed by atoms with van der Waals surface area (Å²) in [6.45, 7) is 3.98. The molecule has 154 valence electrons. The van der Waals surface area contributed by atoms with Crippen molar-refractivity contribution in [3.05, 3.63) is 60.2 Å². The van der Waals surface area contributed by atoms with Crippen LogP contribution in [0.5, 0.6) is 0 Å². The first kappa shape index (κ1) is 20.0. The standard InChI is InChI=1S/C24H29FN2O2/c25-22-10-12-26(13-11-22)24(28)16-23-18-29-15-14-27(23)17-19-6-8-21(9-7-19)20-4-2-1-3-5-20/h1-9,22-23H,10-18H2. The molecule has 2 saturated heterocycles. The Hall–Kier alpha value is -2.24. The number of hydrogen-bond acceptors (Lipinski definition) is 3. The quantitative estimate of drug-likeness (QED) is 0.768. The first-order chi connectivity index (χ1) is 14.2. The molecule has 2 aromatic rings. The maximum absolute atomic E-state index is 13.4. The van der Waals surface area contributed by atoms with Gasteiger partial charge in [0.25, 0.3) is 0 Å². The molecule has 2 aliphatic heterocycles. The molecule has 2 aromatic carbocycles. The van der Waals surface area contributed by atoms with Crippen molar-refractivity contribution in [2.75, 3.05) is 32.8 Å². The average molecular weight is 397 g/mol. The highest BCUT2D eigenvalue weighted by Crippen LogP contribution is 2.22. The van der Waals surface area contributed by atoms with Gasteiger partial charge in [0, 0.05) is 38.6 Å². The van der Waals surface area contributed by atoms with E-state index in [1.54, 1.807) is 0 Å². The number of ether oxygens (including phenoxy) is 1. The predicted molar refractivity (Wildman–Crippen MR) is 112 cm³/mol. The Morgan fingerprint density at radius 3 is 2.38 bits per heavy atom. The van der Waals surface area contributed by atoms with Crippen molar-refractivity contribution in [1.29, 1.82) is 0 Å². The van der Waals surface area contributed by atoms with Gasteiger partial charge in [-0.3, -0.25) is 9.69 Å². The van der Waals surface area contributed by atoms with Crippen LogP contribution in [0.3, 0.4) is 0 Å². The molecule has 2 fully saturated rings. The lowest BCUT2D eigenvalue weighted by atomic mass is 10.0. The number of piperidine rings is 1. The minimum atomic E-state index is -0.757. The molecule has 2 aliphatic rings. The van der Waals surface area contributed by atoms with E-state index in [0.29, 0.717) is 45.6 Å². The van der Waals surface area contributed by atoms with Crippen molar-refractivity contribution in [2.45, 2.75) is 38.0 Å². The van der Waals surface area contributed by atoms with Crippen LogP contribution < -0.4 is 0 Å². The number of benzene rings is 2. The average Bonchev–Trinajstić information content (AvgIpc) is 2.77. The fourth-order valence-electron chi connectivity index (χ4n) is 4.18. The van der Waals surface area contributed by atoms with Crippen LogP contribution in [0, 0.1) is 0 Å². The lowest BCUT2D eigenvalue weighted by molar-refractivity contribution is -0.136. The smallest absolute Gasteiger partial charge is 0.224 e. The largest absolute Gasteiger partial charge is 0.378 e. The second-order valence-electron chi connectivity index (χ2n) is 8.02. The van der Waals surface area contributed by atoms with Crippen LogP contribution >= 0.6 is 0 Å². The lowest BCUT2D eigenvalue weighted by Gasteiger charge is -2.37. The van der Waals surface area contributed by atoms with Crippen LogP contribution in [-0.4, -0.2) is 60.8 Å². The monoisotopic (exact) mass is 396 g/mol. The van der Waals surface area contributed by atoms with Gasteiger partial charge in [-0.05, 0) is 29.5 Å². The summed E-state index contributed by atoms with van der Waals surface area (Å²) in [6, 6.07) is 19.1. The van der Waals surface area contributed by atoms with Gasteiger partial charge < -0.3 is 9.64 Å². The second-order valence-corrected chi connectivity index (χ2v) is 8.02. The molecule has 0 aromatic heterocycles. The number of carbonyl (C=O) groups is 1. The highest BCUT2D eigenvalue weighted by Gasteiger charge is 2.29. The second kappa shape index (κ2) is 9.51. The van der Waals surface area contributed by atoms with E-state index in [4.69, 9.17) is 4.74 Å². The van der Waals surface area contributed by atoms with E-state index < -0.39 is 6.17 Å². The Labute approximate surface area is 172 Å². The number of hydrogen-bond donors (Lipinski definition) is 0. The number of nitrogens with zero attached hydrogens (tertiary/aromatic N) is 2. The van der Waals surface area contributed by atoms with Gasteiger partial charge in [0.2, 0.25) is 5.91 Å². The number of halogens is 1. The molecule has 4 nitrogen and oxygen atoms in total. The summed E-state index contributed by atoms with van der Waals surface area (Å²) in [4.78, 5) is 16.9. The molecule has 5 heteroatoms. The summed E-state index contributed by atoms with van der Waals surface area (Å²) in [7, 11) is 0. The maximum atomic E-state index is 13.4. The molecular formula is C24H29FN2O2. The Kier molecular flexibility index (Phi) is 6.57. The molecule has 29 heavy (non-hydrogen) atoms. The van der Waals surface area contributed by atoms with Gasteiger partial charge in [-0.15, -0.1) is 0 Å². The molecule has 1 amide bonds. The summed E-state index contributed by atoms with van der Waals surface area (Å²) >= 11 is 0. The first-order valence-electron chi connectivity index (χ1n) is 10.6. The zero-order chi connectivity index (χ0) is 20.1. The molecule has 4 rings (SSSR count). The number of morpholine rings is 1. The van der Waals surface area contributed by atoms with Gasteiger partial charge in [0.15, 0.2) is 0 Å². The predicted octanol–water partition coefficient (Wildman–Crippen LogP) is 3.91. The van der Waals surface area contributed by atoms with E-state index in [2.05, 4.69) is 53.4 Å². The van der Waals surface area contributed by atoms with E-state index in [0.717, 1.165) is 13.1 Å². The van der Waals surface area contributed by atoms with Gasteiger partial charge >= 0.3 is 0 Å². The number of carbonyl (C=O) groups excluding carboxylic acids is 1. The van der Waals surface area contributed by atoms with Crippen molar-refractivity contribution < 1.29 is 13.9 Å². The van der Waals surface area contributed by atoms with Crippen LogP contribution in [0.25, 0.3) is 11.1 Å². The molecule has 1 atom stereocenters. The molecule has 0 radical (unpaired) electrons. The molecular weight excluding hydrogens is 367 g/mol. The van der Waals surface area contributed by atoms with E-state index >= 15 is 0 Å². The van der Waals surface area contributed by atoms with Gasteiger partial charge in [0.1, 0.15) is 6.17 Å². The summed E-state index contributed by atoms with van der Waals surface area (Å²) in [5.41, 5.74) is 3.66. The molecule has 2 heterocycles. The molecule has 0 aliphatic carbocycles. The lowest BCUT2D eigenvalue weighted by Crippen LogP contribution is -2.48. The van der Waals surface area contributed by atoms with E-state index in [1.165, 1.54) is 16.7 Å². The molecule has 0 saturated carbocycles. The SMILES string of the molecule is O=C(CC1COCCN1Cc1ccc(-c2ccccc2)cc1)N1CCC(F)CC1. The number of amides is 1. The van der Waals surface area contributed by atoms with Crippen LogP contribution in [0.2, 0.25) is 0 Å². The van der Waals surface area contributed by atoms with E-state index in [-0.39, 0.29) is 11.9 Å². The third kappa shape index (κ3) is 5.22. The molecule has 0 N–H and O–H groups in total. The van der Waals surface area contributed by atoms with Gasteiger partial charge in [-0.1, -0.05) is 54.6 Å². The van der Waals surface area contributed by atoms with Crippen LogP contribution in [0.4, 0.5) is 4.39 Å². The fraction of sp³-hybridized carbons (Fsp3) is 0.458. The minimum Gasteiger partial charge on any atom is -0.378 e. The maximum Gasteiger partial charge on any atom is 0.224 e. The normalized spacial score (nSPS) is 21.3. The highest BCUT2D eigenvalue weighted by molar-refractivity contribution is 5.77. The summed E-state index contributed by atoms with van der Waals surface area (Å²) < 4.78 is 19.0. The van der Waals surface area contributed by atoms with E-state index in [9.17, 15) is 9.18 Å². The third-order valence-electron chi connectivity index (χ3n) is 5.98. The Bertz CT molecular complexity index is 788. The van der Waals surface area contributed by atoms with Crippen molar-refractivity contribution in [1.82, 2.24) is 9.80 Å². The molecule has 0 spiro atoms. The Morgan fingerprint density at radius 1 is 0.966 bits per heavy atom. The van der Waals surface area contributed by atoms with Gasteiger partial charge in [0.05, 0.1) is 13.2 Å². The molecule has 1 unspecified atom stereocenters. The van der Waals surface area contributed by atoms with Crippen LogP contribution in [-0.2, 0) is 16.1 Å². The van der Waals surface area contributed by atoms with Crippen LogP contribution in [0.1, 0.15) is 24.8 Å². The Morgan fingerprint density at radius 2 is 1.66 bits per heavy atom. The number of likely N-dealkylation sites (tertiary alicyclic amines) is 1. The third-order valence-corrected chi connectivity index (χ3v) is 5.98. The number of alkyl halides is 1. The van der Waals surface area contributed by atoms with Crippen molar-refractivity contribution in [3.63, 3.8) is 0 Å². The highest BCUT2D eigenvalue weighted by atomic mass is 19.1. The van der Waals surface area contributed by atoms with Crippen molar-refractivity contribution in [2.24, 2.45) is 0 Å². The first-order valence-corrected chi connectivity index (χ1v) is 10.6. The zero-order valence-corrected chi connectivity index (χ0v) is 16.8.